The Bertz CT molecular complexity index is 1140. The molecule has 0 aliphatic carbocycles. The lowest BCUT2D eigenvalue weighted by Crippen LogP contribution is -2.53. The van der Waals surface area contributed by atoms with Crippen LogP contribution in [-0.4, -0.2) is 58.5 Å². The molecule has 202 valence electrons. The van der Waals surface area contributed by atoms with E-state index in [0.717, 1.165) is 17.7 Å². The van der Waals surface area contributed by atoms with Crippen molar-refractivity contribution in [3.63, 3.8) is 0 Å². The van der Waals surface area contributed by atoms with Gasteiger partial charge in [0.15, 0.2) is 0 Å². The number of imidazole rings is 1. The summed E-state index contributed by atoms with van der Waals surface area (Å²) < 4.78 is 5.38. The summed E-state index contributed by atoms with van der Waals surface area (Å²) in [7, 11) is 0. The Morgan fingerprint density at radius 1 is 1.03 bits per heavy atom. The van der Waals surface area contributed by atoms with E-state index in [2.05, 4.69) is 15.3 Å². The van der Waals surface area contributed by atoms with Gasteiger partial charge >= 0.3 is 6.09 Å². The number of nitrogens with zero attached hydrogens (tertiary/aromatic N) is 3. The summed E-state index contributed by atoms with van der Waals surface area (Å²) in [6.45, 7) is 6.84. The molecular formula is C29H37N5O4. The second-order valence-corrected chi connectivity index (χ2v) is 9.53. The minimum atomic E-state index is -0.943. The molecule has 0 fully saturated rings. The van der Waals surface area contributed by atoms with E-state index in [-0.39, 0.29) is 37.3 Å². The number of aromatic nitrogens is 2. The van der Waals surface area contributed by atoms with Crippen LogP contribution in [0.25, 0.3) is 0 Å². The van der Waals surface area contributed by atoms with Crippen molar-refractivity contribution < 1.29 is 19.1 Å². The van der Waals surface area contributed by atoms with Crippen molar-refractivity contribution in [2.75, 3.05) is 24.5 Å². The van der Waals surface area contributed by atoms with Gasteiger partial charge in [-0.25, -0.2) is 9.78 Å². The van der Waals surface area contributed by atoms with Gasteiger partial charge in [0, 0.05) is 37.1 Å². The fraction of sp³-hybridized carbons (Fsp3) is 0.379. The van der Waals surface area contributed by atoms with E-state index in [0.29, 0.717) is 18.8 Å². The maximum Gasteiger partial charge on any atom is 0.408 e. The molecule has 0 saturated heterocycles. The fourth-order valence-corrected chi connectivity index (χ4v) is 4.09. The molecule has 0 bridgehead atoms. The lowest BCUT2D eigenvalue weighted by atomic mass is 10.1. The highest BCUT2D eigenvalue weighted by atomic mass is 16.5. The lowest BCUT2D eigenvalue weighted by Gasteiger charge is -2.31. The molecule has 38 heavy (non-hydrogen) atoms. The van der Waals surface area contributed by atoms with Crippen LogP contribution in [0.1, 0.15) is 38.4 Å². The molecule has 3 amide bonds. The number of hydrogen-bond acceptors (Lipinski definition) is 5. The van der Waals surface area contributed by atoms with E-state index in [1.54, 1.807) is 11.1 Å². The van der Waals surface area contributed by atoms with E-state index >= 15 is 0 Å². The molecule has 9 heteroatoms. The summed E-state index contributed by atoms with van der Waals surface area (Å²) in [6, 6.07) is 17.8. The van der Waals surface area contributed by atoms with Crippen molar-refractivity contribution in [1.82, 2.24) is 20.2 Å². The van der Waals surface area contributed by atoms with Gasteiger partial charge in [-0.15, -0.1) is 0 Å². The standard InChI is InChI=1S/C29H37N5O4/c1-4-15-34(25-13-9-6-10-14-25)27(35)19-33(18-22(2)3)28(36)26(16-24-17-30-21-31-24)32-29(37)38-20-23-11-7-5-8-12-23/h5-14,17,21-22,26H,4,15-16,18-20H2,1-3H3,(H,30,31)(H,32,37). The first-order valence-corrected chi connectivity index (χ1v) is 13.0. The maximum absolute atomic E-state index is 13.8. The SMILES string of the molecule is CCCN(C(=O)CN(CC(C)C)C(=O)C(Cc1cnc[nH]1)NC(=O)OCc1ccccc1)c1ccccc1. The number of aromatic amines is 1. The number of benzene rings is 2. The van der Waals surface area contributed by atoms with E-state index < -0.39 is 12.1 Å². The van der Waals surface area contributed by atoms with Gasteiger partial charge < -0.3 is 24.8 Å². The highest BCUT2D eigenvalue weighted by Crippen LogP contribution is 2.16. The third kappa shape index (κ3) is 8.76. The molecule has 3 rings (SSSR count). The molecular weight excluding hydrogens is 482 g/mol. The Balaban J connectivity index is 1.77. The number of ether oxygens (including phenoxy) is 1. The minimum Gasteiger partial charge on any atom is -0.445 e. The second-order valence-electron chi connectivity index (χ2n) is 9.53. The molecule has 1 atom stereocenters. The van der Waals surface area contributed by atoms with Crippen LogP contribution in [0.3, 0.4) is 0 Å². The van der Waals surface area contributed by atoms with Gasteiger partial charge in [0.2, 0.25) is 11.8 Å². The molecule has 9 nitrogen and oxygen atoms in total. The Morgan fingerprint density at radius 3 is 2.32 bits per heavy atom. The van der Waals surface area contributed by atoms with Crippen LogP contribution in [0.5, 0.6) is 0 Å². The van der Waals surface area contributed by atoms with E-state index in [9.17, 15) is 14.4 Å². The molecule has 0 radical (unpaired) electrons. The van der Waals surface area contributed by atoms with Crippen LogP contribution in [0, 0.1) is 5.92 Å². The van der Waals surface area contributed by atoms with Gasteiger partial charge in [0.1, 0.15) is 19.2 Å². The minimum absolute atomic E-state index is 0.0783. The van der Waals surface area contributed by atoms with Gasteiger partial charge in [-0.3, -0.25) is 9.59 Å². The van der Waals surface area contributed by atoms with Crippen molar-refractivity contribution in [3.8, 4) is 0 Å². The zero-order chi connectivity index (χ0) is 27.3. The smallest absolute Gasteiger partial charge is 0.408 e. The summed E-state index contributed by atoms with van der Waals surface area (Å²) in [5, 5.41) is 2.71. The van der Waals surface area contributed by atoms with Crippen molar-refractivity contribution in [1.29, 1.82) is 0 Å². The number of rotatable bonds is 13. The van der Waals surface area contributed by atoms with Crippen LogP contribution in [0.2, 0.25) is 0 Å². The van der Waals surface area contributed by atoms with E-state index in [4.69, 9.17) is 4.74 Å². The van der Waals surface area contributed by atoms with Crippen LogP contribution >= 0.6 is 0 Å². The summed E-state index contributed by atoms with van der Waals surface area (Å²) in [4.78, 5) is 50.2. The molecule has 0 aliphatic rings. The molecule has 1 unspecified atom stereocenters. The molecule has 3 aromatic rings. The molecule has 0 saturated carbocycles. The first-order valence-electron chi connectivity index (χ1n) is 13.0. The Kier molecular flexibility index (Phi) is 10.9. The fourth-order valence-electron chi connectivity index (χ4n) is 4.09. The zero-order valence-corrected chi connectivity index (χ0v) is 22.3. The van der Waals surface area contributed by atoms with E-state index in [1.165, 1.54) is 11.2 Å². The number of alkyl carbamates (subject to hydrolysis) is 1. The van der Waals surface area contributed by atoms with Gasteiger partial charge in [-0.2, -0.15) is 0 Å². The van der Waals surface area contributed by atoms with Crippen LogP contribution < -0.4 is 10.2 Å². The zero-order valence-electron chi connectivity index (χ0n) is 22.3. The molecule has 1 heterocycles. The predicted octanol–water partition coefficient (Wildman–Crippen LogP) is 4.18. The summed E-state index contributed by atoms with van der Waals surface area (Å²) in [5.41, 5.74) is 2.30. The normalized spacial score (nSPS) is 11.6. The van der Waals surface area contributed by atoms with Crippen molar-refractivity contribution in [2.24, 2.45) is 5.92 Å². The van der Waals surface area contributed by atoms with Crippen LogP contribution in [-0.2, 0) is 27.4 Å². The number of hydrogen-bond donors (Lipinski definition) is 2. The van der Waals surface area contributed by atoms with E-state index in [1.807, 2.05) is 81.4 Å². The first kappa shape index (κ1) is 28.4. The van der Waals surface area contributed by atoms with Gasteiger partial charge in [0.25, 0.3) is 0 Å². The Morgan fingerprint density at radius 2 is 1.71 bits per heavy atom. The Hall–Kier alpha value is -4.14. The monoisotopic (exact) mass is 519 g/mol. The predicted molar refractivity (Wildman–Crippen MR) is 146 cm³/mol. The summed E-state index contributed by atoms with van der Waals surface area (Å²) in [6.07, 6.45) is 3.37. The number of carbonyl (C=O) groups is 3. The quantitative estimate of drug-likeness (QED) is 0.352. The number of amides is 3. The van der Waals surface area contributed by atoms with Gasteiger partial charge in [-0.1, -0.05) is 69.3 Å². The Labute approximate surface area is 224 Å². The highest BCUT2D eigenvalue weighted by Gasteiger charge is 2.30. The lowest BCUT2D eigenvalue weighted by molar-refractivity contribution is -0.137. The molecule has 1 aromatic heterocycles. The molecule has 0 aliphatic heterocycles. The van der Waals surface area contributed by atoms with Gasteiger partial charge in [-0.05, 0) is 30.0 Å². The highest BCUT2D eigenvalue weighted by molar-refractivity contribution is 5.97. The average molecular weight is 520 g/mol. The average Bonchev–Trinajstić information content (AvgIpc) is 3.43. The third-order valence-corrected chi connectivity index (χ3v) is 5.82. The third-order valence-electron chi connectivity index (χ3n) is 5.82. The topological polar surface area (TPSA) is 108 Å². The number of carbonyl (C=O) groups excluding carboxylic acids is 3. The number of H-pyrrole nitrogens is 1. The number of para-hydroxylation sites is 1. The van der Waals surface area contributed by atoms with Gasteiger partial charge in [0.05, 0.1) is 6.33 Å². The van der Waals surface area contributed by atoms with Crippen molar-refractivity contribution in [2.45, 2.75) is 46.3 Å². The second kappa shape index (κ2) is 14.6. The first-order chi connectivity index (χ1) is 18.4. The summed E-state index contributed by atoms with van der Waals surface area (Å²) >= 11 is 0. The molecule has 0 spiro atoms. The molecule has 2 aromatic carbocycles. The van der Waals surface area contributed by atoms with Crippen LogP contribution in [0.15, 0.2) is 73.2 Å². The largest absolute Gasteiger partial charge is 0.445 e. The maximum atomic E-state index is 13.8. The molecule has 2 N–H and O–H groups in total. The number of anilines is 1. The summed E-state index contributed by atoms with van der Waals surface area (Å²) in [5.74, 6) is -0.428. The number of nitrogens with one attached hydrogen (secondary N) is 2. The van der Waals surface area contributed by atoms with Crippen molar-refractivity contribution >= 4 is 23.6 Å². The van der Waals surface area contributed by atoms with Crippen molar-refractivity contribution in [3.05, 3.63) is 84.4 Å². The van der Waals surface area contributed by atoms with Crippen LogP contribution in [0.4, 0.5) is 10.5 Å².